The molecule has 0 aliphatic heterocycles. The number of nitrogens with one attached hydrogen (secondary N) is 1. The predicted molar refractivity (Wildman–Crippen MR) is 104 cm³/mol. The van der Waals surface area contributed by atoms with Crippen LogP contribution in [0.1, 0.15) is 21.6 Å². The van der Waals surface area contributed by atoms with E-state index < -0.39 is 23.3 Å². The lowest BCUT2D eigenvalue weighted by molar-refractivity contribution is -0.141. The van der Waals surface area contributed by atoms with E-state index in [4.69, 9.17) is 11.6 Å². The van der Waals surface area contributed by atoms with E-state index in [0.717, 1.165) is 11.8 Å². The zero-order valence-electron chi connectivity index (χ0n) is 15.2. The molecule has 3 aromatic rings. The minimum atomic E-state index is -4.82. The third-order valence-corrected chi connectivity index (χ3v) is 4.25. The predicted octanol–water partition coefficient (Wildman–Crippen LogP) is 5.16. The van der Waals surface area contributed by atoms with Gasteiger partial charge in [0.15, 0.2) is 5.69 Å². The molecule has 1 heterocycles. The van der Waals surface area contributed by atoms with Crippen molar-refractivity contribution >= 4 is 29.1 Å². The number of rotatable bonds is 5. The maximum atomic E-state index is 13.6. The molecule has 0 radical (unpaired) electrons. The van der Waals surface area contributed by atoms with Gasteiger partial charge in [0.1, 0.15) is 0 Å². The number of halogens is 4. The van der Waals surface area contributed by atoms with Crippen molar-refractivity contribution in [2.24, 2.45) is 0 Å². The molecule has 0 bridgehead atoms. The van der Waals surface area contributed by atoms with E-state index in [9.17, 15) is 18.0 Å². The Bertz CT molecular complexity index is 995. The van der Waals surface area contributed by atoms with Crippen LogP contribution in [0.5, 0.6) is 0 Å². The minimum Gasteiger partial charge on any atom is -0.337 e. The van der Waals surface area contributed by atoms with Gasteiger partial charge in [-0.1, -0.05) is 41.9 Å². The highest BCUT2D eigenvalue weighted by atomic mass is 35.5. The number of hydrogen-bond acceptors (Lipinski definition) is 4. The topological polar surface area (TPSA) is 58.1 Å². The highest BCUT2D eigenvalue weighted by Crippen LogP contribution is 2.32. The third-order valence-electron chi connectivity index (χ3n) is 4.00. The zero-order chi connectivity index (χ0) is 21.0. The molecule has 0 saturated heterocycles. The summed E-state index contributed by atoms with van der Waals surface area (Å²) in [5.41, 5.74) is -0.659. The molecule has 3 rings (SSSR count). The standard InChI is InChI=1S/C20H16ClF3N4O/c1-28(12-13-5-3-2-4-6-13)18(29)16-11-25-19(27-17(16)20(22,23)24)26-15-9-7-14(21)8-10-15/h2-11H,12H2,1H3,(H,25,26,27). The van der Waals surface area contributed by atoms with E-state index in [0.29, 0.717) is 10.7 Å². The maximum absolute atomic E-state index is 13.6. The molecule has 0 unspecified atom stereocenters. The van der Waals surface area contributed by atoms with Crippen molar-refractivity contribution in [3.8, 4) is 0 Å². The smallest absolute Gasteiger partial charge is 0.337 e. The Morgan fingerprint density at radius 3 is 2.38 bits per heavy atom. The van der Waals surface area contributed by atoms with Crippen LogP contribution in [-0.2, 0) is 12.7 Å². The number of carbonyl (C=O) groups is 1. The van der Waals surface area contributed by atoms with Crippen LogP contribution in [0.3, 0.4) is 0 Å². The largest absolute Gasteiger partial charge is 0.434 e. The third kappa shape index (κ3) is 5.23. The highest BCUT2D eigenvalue weighted by Gasteiger charge is 2.38. The first-order chi connectivity index (χ1) is 13.7. The van der Waals surface area contributed by atoms with Crippen LogP contribution >= 0.6 is 11.6 Å². The second-order valence-corrected chi connectivity index (χ2v) is 6.67. The summed E-state index contributed by atoms with van der Waals surface area (Å²) >= 11 is 5.79. The van der Waals surface area contributed by atoms with Gasteiger partial charge in [0.05, 0.1) is 5.56 Å². The van der Waals surface area contributed by atoms with Crippen molar-refractivity contribution < 1.29 is 18.0 Å². The summed E-state index contributed by atoms with van der Waals surface area (Å²) < 4.78 is 40.7. The average molecular weight is 421 g/mol. The number of benzene rings is 2. The summed E-state index contributed by atoms with van der Waals surface area (Å²) in [4.78, 5) is 21.2. The first-order valence-electron chi connectivity index (χ1n) is 8.50. The van der Waals surface area contributed by atoms with Crippen LogP contribution in [0.2, 0.25) is 5.02 Å². The van der Waals surface area contributed by atoms with E-state index in [-0.39, 0.29) is 12.5 Å². The van der Waals surface area contributed by atoms with Crippen LogP contribution in [0.4, 0.5) is 24.8 Å². The number of amides is 1. The Kier molecular flexibility index (Phi) is 6.03. The molecule has 0 spiro atoms. The lowest BCUT2D eigenvalue weighted by atomic mass is 10.1. The molecule has 0 aliphatic rings. The van der Waals surface area contributed by atoms with Crippen LogP contribution in [0.15, 0.2) is 60.8 Å². The van der Waals surface area contributed by atoms with Gasteiger partial charge < -0.3 is 10.2 Å². The second-order valence-electron chi connectivity index (χ2n) is 6.23. The number of aromatic nitrogens is 2. The van der Waals surface area contributed by atoms with Crippen molar-refractivity contribution in [3.63, 3.8) is 0 Å². The zero-order valence-corrected chi connectivity index (χ0v) is 16.0. The molecule has 2 aromatic carbocycles. The molecule has 9 heteroatoms. The molecule has 0 saturated carbocycles. The number of hydrogen-bond donors (Lipinski definition) is 1. The SMILES string of the molecule is CN(Cc1ccccc1)C(=O)c1cnc(Nc2ccc(Cl)cc2)nc1C(F)(F)F. The molecule has 5 nitrogen and oxygen atoms in total. The molecule has 150 valence electrons. The van der Waals surface area contributed by atoms with Crippen LogP contribution < -0.4 is 5.32 Å². The summed E-state index contributed by atoms with van der Waals surface area (Å²) in [5.74, 6) is -1.10. The minimum absolute atomic E-state index is 0.155. The molecule has 0 fully saturated rings. The summed E-state index contributed by atoms with van der Waals surface area (Å²) in [6.45, 7) is 0.155. The molecule has 1 amide bonds. The van der Waals surface area contributed by atoms with Gasteiger partial charge in [0.2, 0.25) is 5.95 Å². The van der Waals surface area contributed by atoms with Crippen molar-refractivity contribution in [3.05, 3.63) is 82.6 Å². The molecule has 0 atom stereocenters. The van der Waals surface area contributed by atoms with Crippen molar-refractivity contribution in [1.82, 2.24) is 14.9 Å². The van der Waals surface area contributed by atoms with Crippen molar-refractivity contribution in [2.45, 2.75) is 12.7 Å². The lowest BCUT2D eigenvalue weighted by Gasteiger charge is -2.20. The number of alkyl halides is 3. The van der Waals surface area contributed by atoms with Crippen molar-refractivity contribution in [2.75, 3.05) is 12.4 Å². The van der Waals surface area contributed by atoms with Gasteiger partial charge in [-0.15, -0.1) is 0 Å². The number of anilines is 2. The molecule has 29 heavy (non-hydrogen) atoms. The Morgan fingerprint density at radius 2 is 1.76 bits per heavy atom. The summed E-state index contributed by atoms with van der Waals surface area (Å²) in [5, 5.41) is 3.15. The summed E-state index contributed by atoms with van der Waals surface area (Å²) in [6.07, 6.45) is -3.93. The summed E-state index contributed by atoms with van der Waals surface area (Å²) in [6, 6.07) is 15.2. The summed E-state index contributed by atoms with van der Waals surface area (Å²) in [7, 11) is 1.43. The monoisotopic (exact) mass is 420 g/mol. The van der Waals surface area contributed by atoms with Crippen LogP contribution in [0, 0.1) is 0 Å². The molecule has 1 N–H and O–H groups in total. The van der Waals surface area contributed by atoms with Gasteiger partial charge >= 0.3 is 6.18 Å². The van der Waals surface area contributed by atoms with Gasteiger partial charge in [-0.3, -0.25) is 4.79 Å². The van der Waals surface area contributed by atoms with E-state index in [1.165, 1.54) is 11.9 Å². The van der Waals surface area contributed by atoms with E-state index in [2.05, 4.69) is 15.3 Å². The number of nitrogens with zero attached hydrogens (tertiary/aromatic N) is 3. The van der Waals surface area contributed by atoms with Crippen LogP contribution in [-0.4, -0.2) is 27.8 Å². The van der Waals surface area contributed by atoms with E-state index in [1.54, 1.807) is 48.5 Å². The van der Waals surface area contributed by atoms with E-state index >= 15 is 0 Å². The highest BCUT2D eigenvalue weighted by molar-refractivity contribution is 6.30. The fraction of sp³-hybridized carbons (Fsp3) is 0.150. The fourth-order valence-corrected chi connectivity index (χ4v) is 2.74. The van der Waals surface area contributed by atoms with Gasteiger partial charge in [-0.05, 0) is 29.8 Å². The fourth-order valence-electron chi connectivity index (χ4n) is 2.61. The van der Waals surface area contributed by atoms with Gasteiger partial charge in [0.25, 0.3) is 5.91 Å². The lowest BCUT2D eigenvalue weighted by Crippen LogP contribution is -2.29. The van der Waals surface area contributed by atoms with Gasteiger partial charge in [-0.2, -0.15) is 13.2 Å². The molecular formula is C20H16ClF3N4O. The Morgan fingerprint density at radius 1 is 1.10 bits per heavy atom. The van der Waals surface area contributed by atoms with Gasteiger partial charge in [-0.25, -0.2) is 9.97 Å². The Hall–Kier alpha value is -3.13. The van der Waals surface area contributed by atoms with Gasteiger partial charge in [0, 0.05) is 30.5 Å². The first kappa shape index (κ1) is 20.6. The quantitative estimate of drug-likeness (QED) is 0.619. The van der Waals surface area contributed by atoms with E-state index in [1.807, 2.05) is 6.07 Å². The molecule has 1 aromatic heterocycles. The second kappa shape index (κ2) is 8.48. The average Bonchev–Trinajstić information content (AvgIpc) is 2.69. The number of carbonyl (C=O) groups excluding carboxylic acids is 1. The molecular weight excluding hydrogens is 405 g/mol. The normalized spacial score (nSPS) is 11.2. The van der Waals surface area contributed by atoms with Crippen LogP contribution in [0.25, 0.3) is 0 Å². The Labute approximate surface area is 170 Å². The van der Waals surface area contributed by atoms with Crippen molar-refractivity contribution in [1.29, 1.82) is 0 Å². The molecule has 0 aliphatic carbocycles. The Balaban J connectivity index is 1.87. The first-order valence-corrected chi connectivity index (χ1v) is 8.88. The maximum Gasteiger partial charge on any atom is 0.434 e.